The lowest BCUT2D eigenvalue weighted by molar-refractivity contribution is 0.0446. The predicted octanol–water partition coefficient (Wildman–Crippen LogP) is 1.19. The molecule has 1 amide bonds. The molecule has 2 aliphatic heterocycles. The molecule has 144 valence electrons. The molecule has 8 nitrogen and oxygen atoms in total. The summed E-state index contributed by atoms with van der Waals surface area (Å²) in [7, 11) is 1.78. The summed E-state index contributed by atoms with van der Waals surface area (Å²) < 4.78 is 13.0. The first-order chi connectivity index (χ1) is 13.0. The van der Waals surface area contributed by atoms with E-state index in [0.717, 1.165) is 35.8 Å². The van der Waals surface area contributed by atoms with Crippen molar-refractivity contribution in [2.45, 2.75) is 18.9 Å². The first kappa shape index (κ1) is 17.8. The second-order valence-corrected chi connectivity index (χ2v) is 7.29. The van der Waals surface area contributed by atoms with Crippen LogP contribution in [0.4, 0.5) is 11.4 Å². The molecule has 0 spiro atoms. The number of carbonyl (C=O) groups is 1. The molecule has 2 N–H and O–H groups in total. The van der Waals surface area contributed by atoms with Gasteiger partial charge in [-0.25, -0.2) is 0 Å². The third-order valence-electron chi connectivity index (χ3n) is 4.98. The standard InChI is InChI=1S/C19H24N4O4/c1-19(12-24)11-13-9-15(20-18(25)14-3-4-22(2)21-14)16(10-17(13)27-19)23-5-7-26-8-6-23/h3-4,9-10,24H,5-8,11-12H2,1-2H3,(H,20,25)/t19-/m0/s1. The third-order valence-corrected chi connectivity index (χ3v) is 4.98. The van der Waals surface area contributed by atoms with Crippen LogP contribution in [0.1, 0.15) is 23.0 Å². The largest absolute Gasteiger partial charge is 0.484 e. The number of hydrogen-bond donors (Lipinski definition) is 2. The van der Waals surface area contributed by atoms with Crippen LogP contribution in [0.3, 0.4) is 0 Å². The predicted molar refractivity (Wildman–Crippen MR) is 100 cm³/mol. The number of benzene rings is 1. The van der Waals surface area contributed by atoms with Crippen molar-refractivity contribution in [2.24, 2.45) is 7.05 Å². The molecule has 2 aromatic rings. The molecular formula is C19H24N4O4. The van der Waals surface area contributed by atoms with Gasteiger partial charge in [0.05, 0.1) is 31.2 Å². The zero-order valence-electron chi connectivity index (χ0n) is 15.6. The second-order valence-electron chi connectivity index (χ2n) is 7.29. The van der Waals surface area contributed by atoms with Gasteiger partial charge in [0.25, 0.3) is 5.91 Å². The van der Waals surface area contributed by atoms with Crippen molar-refractivity contribution >= 4 is 17.3 Å². The van der Waals surface area contributed by atoms with Gasteiger partial charge in [-0.15, -0.1) is 0 Å². The molecule has 0 radical (unpaired) electrons. The van der Waals surface area contributed by atoms with E-state index in [9.17, 15) is 9.90 Å². The van der Waals surface area contributed by atoms with Crippen molar-refractivity contribution in [3.8, 4) is 5.75 Å². The maximum absolute atomic E-state index is 12.6. The summed E-state index contributed by atoms with van der Waals surface area (Å²) in [5.74, 6) is 0.498. The molecule has 27 heavy (non-hydrogen) atoms. The lowest BCUT2D eigenvalue weighted by atomic mass is 9.99. The summed E-state index contributed by atoms with van der Waals surface area (Å²) in [4.78, 5) is 14.8. The fourth-order valence-corrected chi connectivity index (χ4v) is 3.53. The zero-order valence-corrected chi connectivity index (χ0v) is 15.6. The number of ether oxygens (including phenoxy) is 2. The molecule has 8 heteroatoms. The Hall–Kier alpha value is -2.58. The van der Waals surface area contributed by atoms with Gasteiger partial charge in [-0.05, 0) is 19.1 Å². The maximum atomic E-state index is 12.6. The van der Waals surface area contributed by atoms with Gasteiger partial charge in [0.2, 0.25) is 0 Å². The molecule has 2 aliphatic rings. The van der Waals surface area contributed by atoms with Crippen molar-refractivity contribution in [3.63, 3.8) is 0 Å². The first-order valence-corrected chi connectivity index (χ1v) is 9.08. The minimum absolute atomic E-state index is 0.0653. The van der Waals surface area contributed by atoms with Crippen molar-refractivity contribution < 1.29 is 19.4 Å². The maximum Gasteiger partial charge on any atom is 0.276 e. The van der Waals surface area contributed by atoms with Crippen LogP contribution in [-0.2, 0) is 18.2 Å². The number of aliphatic hydroxyl groups is 1. The molecule has 1 atom stereocenters. The van der Waals surface area contributed by atoms with Crippen LogP contribution < -0.4 is 15.0 Å². The molecule has 1 saturated heterocycles. The van der Waals surface area contributed by atoms with Crippen molar-refractivity contribution in [1.29, 1.82) is 0 Å². The number of aliphatic hydroxyl groups excluding tert-OH is 1. The summed E-state index contributed by atoms with van der Waals surface area (Å²) in [6.45, 7) is 4.57. The Morgan fingerprint density at radius 1 is 1.37 bits per heavy atom. The van der Waals surface area contributed by atoms with Crippen LogP contribution in [0, 0.1) is 0 Å². The minimum atomic E-state index is -0.631. The highest BCUT2D eigenvalue weighted by atomic mass is 16.5. The average Bonchev–Trinajstić information content (AvgIpc) is 3.24. The van der Waals surface area contributed by atoms with E-state index in [-0.39, 0.29) is 12.5 Å². The van der Waals surface area contributed by atoms with Crippen LogP contribution >= 0.6 is 0 Å². The van der Waals surface area contributed by atoms with Crippen LogP contribution in [0.2, 0.25) is 0 Å². The van der Waals surface area contributed by atoms with Crippen LogP contribution in [0.5, 0.6) is 5.75 Å². The zero-order chi connectivity index (χ0) is 19.0. The van der Waals surface area contributed by atoms with Crippen molar-refractivity contribution in [1.82, 2.24) is 9.78 Å². The Kier molecular flexibility index (Phi) is 4.53. The summed E-state index contributed by atoms with van der Waals surface area (Å²) in [6.07, 6.45) is 2.33. The summed E-state index contributed by atoms with van der Waals surface area (Å²) in [5.41, 5.74) is 2.32. The van der Waals surface area contributed by atoms with Gasteiger partial charge < -0.3 is 24.8 Å². The number of morpholine rings is 1. The Bertz CT molecular complexity index is 859. The van der Waals surface area contributed by atoms with Crippen LogP contribution in [-0.4, -0.2) is 59.3 Å². The number of carbonyl (C=O) groups excluding carboxylic acids is 1. The number of nitrogens with one attached hydrogen (secondary N) is 1. The summed E-state index contributed by atoms with van der Waals surface area (Å²) in [6, 6.07) is 5.58. The Morgan fingerprint density at radius 3 is 2.81 bits per heavy atom. The van der Waals surface area contributed by atoms with Gasteiger partial charge in [0.1, 0.15) is 11.4 Å². The highest BCUT2D eigenvalue weighted by Crippen LogP contribution is 2.42. The van der Waals surface area contributed by atoms with E-state index < -0.39 is 5.60 Å². The fraction of sp³-hybridized carbons (Fsp3) is 0.474. The van der Waals surface area contributed by atoms with Crippen LogP contribution in [0.25, 0.3) is 0 Å². The smallest absolute Gasteiger partial charge is 0.276 e. The Labute approximate surface area is 157 Å². The van der Waals surface area contributed by atoms with Crippen LogP contribution in [0.15, 0.2) is 24.4 Å². The summed E-state index contributed by atoms with van der Waals surface area (Å²) >= 11 is 0. The molecule has 1 aromatic heterocycles. The van der Waals surface area contributed by atoms with Crippen molar-refractivity contribution in [3.05, 3.63) is 35.7 Å². The quantitative estimate of drug-likeness (QED) is 0.838. The summed E-state index contributed by atoms with van der Waals surface area (Å²) in [5, 5.41) is 16.8. The van der Waals surface area contributed by atoms with Gasteiger partial charge in [-0.2, -0.15) is 5.10 Å². The number of fused-ring (bicyclic) bond motifs is 1. The second kappa shape index (κ2) is 6.86. The van der Waals surface area contributed by atoms with Gasteiger partial charge in [-0.3, -0.25) is 9.48 Å². The molecule has 3 heterocycles. The van der Waals surface area contributed by atoms with E-state index in [1.807, 2.05) is 19.1 Å². The highest BCUT2D eigenvalue weighted by molar-refractivity contribution is 6.05. The van der Waals surface area contributed by atoms with Gasteiger partial charge >= 0.3 is 0 Å². The minimum Gasteiger partial charge on any atom is -0.484 e. The van der Waals surface area contributed by atoms with Gasteiger partial charge in [0, 0.05) is 44.4 Å². The normalized spacial score (nSPS) is 21.7. The average molecular weight is 372 g/mol. The number of aryl methyl sites for hydroxylation is 1. The number of anilines is 2. The molecule has 0 aliphatic carbocycles. The van der Waals surface area contributed by atoms with E-state index >= 15 is 0 Å². The molecule has 0 saturated carbocycles. The number of nitrogens with zero attached hydrogens (tertiary/aromatic N) is 3. The van der Waals surface area contributed by atoms with E-state index in [4.69, 9.17) is 9.47 Å². The first-order valence-electron chi connectivity index (χ1n) is 9.08. The molecule has 1 aromatic carbocycles. The lowest BCUT2D eigenvalue weighted by Gasteiger charge is -2.31. The van der Waals surface area contributed by atoms with Crippen molar-refractivity contribution in [2.75, 3.05) is 43.1 Å². The molecule has 1 fully saturated rings. The Morgan fingerprint density at radius 2 is 2.15 bits per heavy atom. The number of aromatic nitrogens is 2. The van der Waals surface area contributed by atoms with E-state index in [1.54, 1.807) is 24.0 Å². The molecule has 0 bridgehead atoms. The van der Waals surface area contributed by atoms with E-state index in [0.29, 0.717) is 25.3 Å². The molecule has 4 rings (SSSR count). The fourth-order valence-electron chi connectivity index (χ4n) is 3.53. The van der Waals surface area contributed by atoms with E-state index in [1.165, 1.54) is 0 Å². The number of hydrogen-bond acceptors (Lipinski definition) is 6. The highest BCUT2D eigenvalue weighted by Gasteiger charge is 2.35. The van der Waals surface area contributed by atoms with Gasteiger partial charge in [-0.1, -0.05) is 0 Å². The third kappa shape index (κ3) is 3.50. The number of amides is 1. The monoisotopic (exact) mass is 372 g/mol. The SMILES string of the molecule is Cn1ccc(C(=O)Nc2cc3c(cc2N2CCOCC2)O[C@](C)(CO)C3)n1. The molecule has 0 unspecified atom stereocenters. The molecular weight excluding hydrogens is 348 g/mol. The lowest BCUT2D eigenvalue weighted by Crippen LogP contribution is -2.37. The Balaban J connectivity index is 1.68. The van der Waals surface area contributed by atoms with Gasteiger partial charge in [0.15, 0.2) is 5.69 Å². The topological polar surface area (TPSA) is 88.9 Å². The number of rotatable bonds is 4. The van der Waals surface area contributed by atoms with E-state index in [2.05, 4.69) is 15.3 Å².